The van der Waals surface area contributed by atoms with Crippen LogP contribution in [0.1, 0.15) is 30.6 Å². The molecule has 0 bridgehead atoms. The van der Waals surface area contributed by atoms with Crippen molar-refractivity contribution in [3.63, 3.8) is 0 Å². The largest absolute Gasteiger partial charge is 0.394 e. The second-order valence-electron chi connectivity index (χ2n) is 4.08. The summed E-state index contributed by atoms with van der Waals surface area (Å²) in [6, 6.07) is 0. The lowest BCUT2D eigenvalue weighted by Gasteiger charge is -2.27. The summed E-state index contributed by atoms with van der Waals surface area (Å²) in [4.78, 5) is 5.12. The van der Waals surface area contributed by atoms with Gasteiger partial charge in [-0.3, -0.25) is 0 Å². The maximum atomic E-state index is 9.40. The van der Waals surface area contributed by atoms with Crippen LogP contribution in [0.3, 0.4) is 0 Å². The molecule has 2 N–H and O–H groups in total. The second kappa shape index (κ2) is 4.78. The molecule has 0 radical (unpaired) electrons. The van der Waals surface area contributed by atoms with E-state index in [4.69, 9.17) is 11.6 Å². The van der Waals surface area contributed by atoms with Gasteiger partial charge in [0.15, 0.2) is 4.47 Å². The van der Waals surface area contributed by atoms with Gasteiger partial charge in [-0.15, -0.1) is 11.3 Å². The Balaban J connectivity index is 1.91. The summed E-state index contributed by atoms with van der Waals surface area (Å²) < 4.78 is 0.580. The number of rotatable bonds is 4. The normalized spacial score (nSPS) is 19.6. The molecule has 15 heavy (non-hydrogen) atoms. The molecule has 0 aromatic carbocycles. The third-order valence-electron chi connectivity index (χ3n) is 3.03. The predicted molar refractivity (Wildman–Crippen MR) is 62.2 cm³/mol. The van der Waals surface area contributed by atoms with Crippen LogP contribution >= 0.6 is 22.9 Å². The molecule has 2 rings (SSSR count). The van der Waals surface area contributed by atoms with Crippen LogP contribution < -0.4 is 5.32 Å². The van der Waals surface area contributed by atoms with Crippen molar-refractivity contribution in [2.75, 3.05) is 6.61 Å². The summed E-state index contributed by atoms with van der Waals surface area (Å²) in [5, 5.41) is 12.8. The molecule has 1 aromatic rings. The summed E-state index contributed by atoms with van der Waals surface area (Å²) in [5.74, 6) is 0. The molecule has 1 fully saturated rings. The van der Waals surface area contributed by atoms with Crippen LogP contribution in [0.5, 0.6) is 0 Å². The average molecular weight is 247 g/mol. The lowest BCUT2D eigenvalue weighted by atomic mass is 9.99. The van der Waals surface area contributed by atoms with Gasteiger partial charge in [0.25, 0.3) is 0 Å². The average Bonchev–Trinajstić information content (AvgIpc) is 2.85. The van der Waals surface area contributed by atoms with Gasteiger partial charge in [-0.1, -0.05) is 24.4 Å². The highest BCUT2D eigenvalue weighted by Crippen LogP contribution is 2.30. The maximum absolute atomic E-state index is 9.40. The zero-order valence-corrected chi connectivity index (χ0v) is 10.1. The van der Waals surface area contributed by atoms with E-state index >= 15 is 0 Å². The molecule has 0 amide bonds. The van der Waals surface area contributed by atoms with Crippen molar-refractivity contribution in [1.29, 1.82) is 0 Å². The lowest BCUT2D eigenvalue weighted by molar-refractivity contribution is 0.163. The number of hydrogen-bond donors (Lipinski definition) is 2. The van der Waals surface area contributed by atoms with Gasteiger partial charge < -0.3 is 10.4 Å². The lowest BCUT2D eigenvalue weighted by Crippen LogP contribution is -2.45. The van der Waals surface area contributed by atoms with Crippen LogP contribution in [-0.4, -0.2) is 22.2 Å². The minimum absolute atomic E-state index is 0.0591. The number of aliphatic hydroxyl groups excluding tert-OH is 1. The van der Waals surface area contributed by atoms with E-state index < -0.39 is 0 Å². The van der Waals surface area contributed by atoms with Crippen molar-refractivity contribution in [1.82, 2.24) is 10.3 Å². The van der Waals surface area contributed by atoms with Crippen molar-refractivity contribution < 1.29 is 5.11 Å². The molecule has 3 nitrogen and oxygen atoms in total. The Morgan fingerprint density at radius 3 is 2.80 bits per heavy atom. The molecule has 0 unspecified atom stereocenters. The quantitative estimate of drug-likeness (QED) is 0.856. The number of hydrogen-bond acceptors (Lipinski definition) is 4. The zero-order valence-electron chi connectivity index (χ0n) is 8.50. The Bertz CT molecular complexity index is 323. The highest BCUT2D eigenvalue weighted by atomic mass is 35.5. The maximum Gasteiger partial charge on any atom is 0.183 e. The fourth-order valence-corrected chi connectivity index (χ4v) is 3.00. The van der Waals surface area contributed by atoms with Crippen molar-refractivity contribution >= 4 is 22.9 Å². The van der Waals surface area contributed by atoms with Crippen molar-refractivity contribution in [3.05, 3.63) is 15.5 Å². The fraction of sp³-hybridized carbons (Fsp3) is 0.700. The SMILES string of the molecule is OCC1(NCc2cnc(Cl)s2)CCCC1. The van der Waals surface area contributed by atoms with Crippen LogP contribution in [0.25, 0.3) is 0 Å². The predicted octanol–water partition coefficient (Wildman–Crippen LogP) is 2.19. The van der Waals surface area contributed by atoms with E-state index in [0.717, 1.165) is 24.3 Å². The highest BCUT2D eigenvalue weighted by molar-refractivity contribution is 7.15. The first-order valence-electron chi connectivity index (χ1n) is 5.20. The third-order valence-corrected chi connectivity index (χ3v) is 4.14. The van der Waals surface area contributed by atoms with Gasteiger partial charge in [0.1, 0.15) is 0 Å². The van der Waals surface area contributed by atoms with E-state index in [-0.39, 0.29) is 12.1 Å². The number of nitrogens with one attached hydrogen (secondary N) is 1. The smallest absolute Gasteiger partial charge is 0.183 e. The standard InChI is InChI=1S/C10H15ClN2OS/c11-9-12-5-8(15-9)6-13-10(7-14)3-1-2-4-10/h5,13-14H,1-4,6-7H2. The molecular formula is C10H15ClN2OS. The van der Waals surface area contributed by atoms with Gasteiger partial charge in [0.05, 0.1) is 6.61 Å². The Hall–Kier alpha value is -0.160. The third kappa shape index (κ3) is 2.69. The van der Waals surface area contributed by atoms with E-state index in [9.17, 15) is 5.11 Å². The van der Waals surface area contributed by atoms with Gasteiger partial charge in [-0.05, 0) is 12.8 Å². The molecule has 0 saturated heterocycles. The molecule has 1 aliphatic carbocycles. The highest BCUT2D eigenvalue weighted by Gasteiger charge is 2.32. The van der Waals surface area contributed by atoms with E-state index in [1.807, 2.05) is 0 Å². The molecule has 5 heteroatoms. The van der Waals surface area contributed by atoms with Crippen molar-refractivity contribution in [3.8, 4) is 0 Å². The summed E-state index contributed by atoms with van der Waals surface area (Å²) >= 11 is 7.25. The van der Waals surface area contributed by atoms with Crippen LogP contribution in [0.2, 0.25) is 4.47 Å². The molecule has 1 heterocycles. The first kappa shape index (κ1) is 11.3. The van der Waals surface area contributed by atoms with Crippen LogP contribution in [0.15, 0.2) is 6.20 Å². The van der Waals surface area contributed by atoms with E-state index in [2.05, 4.69) is 10.3 Å². The van der Waals surface area contributed by atoms with Gasteiger partial charge in [-0.2, -0.15) is 0 Å². The van der Waals surface area contributed by atoms with Crippen LogP contribution in [0.4, 0.5) is 0 Å². The van der Waals surface area contributed by atoms with Crippen LogP contribution in [-0.2, 0) is 6.54 Å². The number of thiazole rings is 1. The Kier molecular flexibility index (Phi) is 3.61. The van der Waals surface area contributed by atoms with Gasteiger partial charge in [0, 0.05) is 23.2 Å². The minimum atomic E-state index is -0.0591. The summed E-state index contributed by atoms with van der Waals surface area (Å²) in [7, 11) is 0. The number of aliphatic hydroxyl groups is 1. The molecular weight excluding hydrogens is 232 g/mol. The Morgan fingerprint density at radius 1 is 1.53 bits per heavy atom. The Labute approximate surface area is 98.5 Å². The van der Waals surface area contributed by atoms with Crippen molar-refractivity contribution in [2.45, 2.75) is 37.8 Å². The number of nitrogens with zero attached hydrogens (tertiary/aromatic N) is 1. The second-order valence-corrected chi connectivity index (χ2v) is 5.78. The van der Waals surface area contributed by atoms with E-state index in [1.54, 1.807) is 6.20 Å². The summed E-state index contributed by atoms with van der Waals surface area (Å²) in [6.07, 6.45) is 6.33. The monoisotopic (exact) mass is 246 g/mol. The van der Waals surface area contributed by atoms with E-state index in [0.29, 0.717) is 4.47 Å². The number of aromatic nitrogens is 1. The molecule has 1 aromatic heterocycles. The van der Waals surface area contributed by atoms with Crippen molar-refractivity contribution in [2.24, 2.45) is 0 Å². The first-order valence-corrected chi connectivity index (χ1v) is 6.40. The Morgan fingerprint density at radius 2 is 2.27 bits per heavy atom. The van der Waals surface area contributed by atoms with Gasteiger partial charge in [0.2, 0.25) is 0 Å². The topological polar surface area (TPSA) is 45.1 Å². The zero-order chi connectivity index (χ0) is 10.7. The molecule has 0 aliphatic heterocycles. The molecule has 1 saturated carbocycles. The fourth-order valence-electron chi connectivity index (χ4n) is 2.08. The molecule has 0 spiro atoms. The van der Waals surface area contributed by atoms with Gasteiger partial charge >= 0.3 is 0 Å². The minimum Gasteiger partial charge on any atom is -0.394 e. The number of halogens is 1. The van der Waals surface area contributed by atoms with Crippen LogP contribution in [0, 0.1) is 0 Å². The molecule has 0 atom stereocenters. The van der Waals surface area contributed by atoms with Gasteiger partial charge in [-0.25, -0.2) is 4.98 Å². The van der Waals surface area contributed by atoms with E-state index in [1.165, 1.54) is 24.2 Å². The molecule has 1 aliphatic rings. The summed E-state index contributed by atoms with van der Waals surface area (Å²) in [5.41, 5.74) is -0.0591. The summed E-state index contributed by atoms with van der Waals surface area (Å²) in [6.45, 7) is 0.977. The first-order chi connectivity index (χ1) is 7.24. The molecule has 84 valence electrons.